The minimum Gasteiger partial charge on any atom is -0.465 e. The highest BCUT2D eigenvalue weighted by molar-refractivity contribution is 6.01. The highest BCUT2D eigenvalue weighted by atomic mass is 16.5. The number of amides is 1. The molecule has 1 aliphatic rings. The molecule has 1 amide bonds. The quantitative estimate of drug-likeness (QED) is 0.619. The number of aromatic nitrogens is 4. The Balaban J connectivity index is 1.52. The number of fused-ring (bicyclic) bond motifs is 1. The van der Waals surface area contributed by atoms with E-state index in [1.807, 2.05) is 0 Å². The van der Waals surface area contributed by atoms with Gasteiger partial charge in [-0.1, -0.05) is 19.1 Å². The molecular weight excluding hydrogens is 400 g/mol. The molecule has 1 fully saturated rings. The Morgan fingerprint density at radius 1 is 1.19 bits per heavy atom. The van der Waals surface area contributed by atoms with Crippen molar-refractivity contribution in [1.29, 1.82) is 0 Å². The molecule has 0 saturated carbocycles. The number of methoxy groups -OCH3 is 1. The Hall–Kier alpha value is -3.69. The van der Waals surface area contributed by atoms with Gasteiger partial charge in [0, 0.05) is 19.3 Å². The normalized spacial score (nSPS) is 14.6. The van der Waals surface area contributed by atoms with Crippen molar-refractivity contribution in [1.82, 2.24) is 19.2 Å². The van der Waals surface area contributed by atoms with E-state index in [0.717, 1.165) is 36.4 Å². The van der Waals surface area contributed by atoms with Crippen molar-refractivity contribution < 1.29 is 14.3 Å². The number of anilines is 2. The number of carbonyl (C=O) groups is 2. The third kappa shape index (κ3) is 4.27. The first-order valence-electron chi connectivity index (χ1n) is 10.1. The van der Waals surface area contributed by atoms with E-state index in [1.54, 1.807) is 36.5 Å². The summed E-state index contributed by atoms with van der Waals surface area (Å²) in [7, 11) is 1.27. The van der Waals surface area contributed by atoms with Gasteiger partial charge in [0.05, 0.1) is 18.4 Å². The first-order valence-corrected chi connectivity index (χ1v) is 10.1. The fourth-order valence-corrected chi connectivity index (χ4v) is 3.62. The molecule has 1 saturated heterocycles. The van der Waals surface area contributed by atoms with Crippen LogP contribution in [0.3, 0.4) is 0 Å². The molecule has 10 heteroatoms. The Kier molecular flexibility index (Phi) is 5.70. The van der Waals surface area contributed by atoms with Gasteiger partial charge in [0.25, 0.3) is 5.78 Å². The van der Waals surface area contributed by atoms with Gasteiger partial charge in [-0.3, -0.25) is 4.79 Å². The van der Waals surface area contributed by atoms with Crippen LogP contribution in [-0.4, -0.2) is 51.2 Å². The second-order valence-electron chi connectivity index (χ2n) is 7.65. The number of nitrogens with one attached hydrogen (secondary N) is 1. The molecule has 2 aromatic heterocycles. The van der Waals surface area contributed by atoms with Crippen LogP contribution in [0.15, 0.2) is 41.3 Å². The van der Waals surface area contributed by atoms with Crippen molar-refractivity contribution in [3.8, 4) is 0 Å². The minimum absolute atomic E-state index is 0.225. The van der Waals surface area contributed by atoms with Gasteiger partial charge in [0.1, 0.15) is 12.4 Å². The maximum absolute atomic E-state index is 12.6. The van der Waals surface area contributed by atoms with E-state index in [4.69, 9.17) is 4.74 Å². The van der Waals surface area contributed by atoms with Crippen LogP contribution in [0.5, 0.6) is 0 Å². The molecule has 1 aliphatic heterocycles. The molecule has 4 rings (SSSR count). The van der Waals surface area contributed by atoms with Gasteiger partial charge in [0.15, 0.2) is 0 Å². The number of piperidine rings is 1. The van der Waals surface area contributed by atoms with Crippen molar-refractivity contribution in [3.05, 3.63) is 52.6 Å². The predicted molar refractivity (Wildman–Crippen MR) is 114 cm³/mol. The Bertz CT molecular complexity index is 1180. The summed E-state index contributed by atoms with van der Waals surface area (Å²) in [6, 6.07) is 8.28. The molecule has 31 heavy (non-hydrogen) atoms. The molecule has 0 spiro atoms. The smallest absolute Gasteiger partial charge is 0.352 e. The lowest BCUT2D eigenvalue weighted by atomic mass is 9.99. The molecule has 162 valence electrons. The fourth-order valence-electron chi connectivity index (χ4n) is 3.62. The van der Waals surface area contributed by atoms with E-state index in [0.29, 0.717) is 11.6 Å². The fraction of sp³-hybridized carbons (Fsp3) is 0.381. The van der Waals surface area contributed by atoms with E-state index in [1.165, 1.54) is 11.5 Å². The molecule has 0 unspecified atom stereocenters. The number of ether oxygens (including phenoxy) is 1. The number of hydrogen-bond donors (Lipinski definition) is 1. The Morgan fingerprint density at radius 2 is 1.94 bits per heavy atom. The molecule has 1 aromatic carbocycles. The second-order valence-corrected chi connectivity index (χ2v) is 7.65. The molecule has 0 aliphatic carbocycles. The van der Waals surface area contributed by atoms with Crippen LogP contribution in [-0.2, 0) is 16.1 Å². The van der Waals surface area contributed by atoms with Gasteiger partial charge in [0.2, 0.25) is 5.91 Å². The van der Waals surface area contributed by atoms with Gasteiger partial charge in [-0.25, -0.2) is 18.7 Å². The van der Waals surface area contributed by atoms with Gasteiger partial charge in [-0.15, -0.1) is 5.10 Å². The van der Waals surface area contributed by atoms with Crippen LogP contribution in [0.2, 0.25) is 0 Å². The monoisotopic (exact) mass is 424 g/mol. The maximum atomic E-state index is 12.6. The molecule has 10 nitrogen and oxygen atoms in total. The maximum Gasteiger partial charge on any atom is 0.352 e. The number of benzene rings is 1. The topological polar surface area (TPSA) is 111 Å². The lowest BCUT2D eigenvalue weighted by Crippen LogP contribution is -2.33. The molecule has 1 N–H and O–H groups in total. The van der Waals surface area contributed by atoms with Crippen molar-refractivity contribution >= 4 is 29.2 Å². The van der Waals surface area contributed by atoms with E-state index in [9.17, 15) is 14.4 Å². The Labute approximate surface area is 178 Å². The summed E-state index contributed by atoms with van der Waals surface area (Å²) in [6.45, 7) is 3.76. The SMILES string of the molecule is COC(=O)c1ccccc1NC(=O)Cn1nc2nc(N3CCC(C)CC3)ccn2c1=O. The average Bonchev–Trinajstić information content (AvgIpc) is 3.08. The number of carbonyl (C=O) groups excluding carboxylic acids is 2. The zero-order valence-electron chi connectivity index (χ0n) is 17.4. The average molecular weight is 424 g/mol. The third-order valence-corrected chi connectivity index (χ3v) is 5.45. The number of rotatable bonds is 5. The van der Waals surface area contributed by atoms with Gasteiger partial charge in [-0.05, 0) is 37.0 Å². The third-order valence-electron chi connectivity index (χ3n) is 5.45. The van der Waals surface area contributed by atoms with Crippen molar-refractivity contribution in [2.24, 2.45) is 5.92 Å². The zero-order chi connectivity index (χ0) is 22.0. The van der Waals surface area contributed by atoms with Gasteiger partial charge < -0.3 is 15.0 Å². The molecular formula is C21H24N6O4. The zero-order valence-corrected chi connectivity index (χ0v) is 17.4. The van der Waals surface area contributed by atoms with E-state index < -0.39 is 17.6 Å². The summed E-state index contributed by atoms with van der Waals surface area (Å²) in [6.07, 6.45) is 3.83. The highest BCUT2D eigenvalue weighted by Gasteiger charge is 2.19. The number of hydrogen-bond acceptors (Lipinski definition) is 7. The number of esters is 1. The summed E-state index contributed by atoms with van der Waals surface area (Å²) >= 11 is 0. The summed E-state index contributed by atoms with van der Waals surface area (Å²) in [5, 5.41) is 6.85. The predicted octanol–water partition coefficient (Wildman–Crippen LogP) is 1.55. The molecule has 3 heterocycles. The summed E-state index contributed by atoms with van der Waals surface area (Å²) in [5.41, 5.74) is 0.0662. The highest BCUT2D eigenvalue weighted by Crippen LogP contribution is 2.21. The lowest BCUT2D eigenvalue weighted by Gasteiger charge is -2.30. The molecule has 0 atom stereocenters. The van der Waals surface area contributed by atoms with Crippen LogP contribution in [0.4, 0.5) is 11.5 Å². The summed E-state index contributed by atoms with van der Waals surface area (Å²) in [4.78, 5) is 43.7. The van der Waals surface area contributed by atoms with Crippen LogP contribution in [0.25, 0.3) is 5.78 Å². The minimum atomic E-state index is -0.565. The van der Waals surface area contributed by atoms with E-state index in [-0.39, 0.29) is 17.9 Å². The first-order chi connectivity index (χ1) is 15.0. The van der Waals surface area contributed by atoms with Crippen LogP contribution >= 0.6 is 0 Å². The van der Waals surface area contributed by atoms with Crippen molar-refractivity contribution in [2.75, 3.05) is 30.4 Å². The van der Waals surface area contributed by atoms with E-state index >= 15 is 0 Å². The van der Waals surface area contributed by atoms with Gasteiger partial charge >= 0.3 is 11.7 Å². The largest absolute Gasteiger partial charge is 0.465 e. The second kappa shape index (κ2) is 8.58. The lowest BCUT2D eigenvalue weighted by molar-refractivity contribution is -0.117. The summed E-state index contributed by atoms with van der Waals surface area (Å²) in [5.74, 6) is 0.651. The standard InChI is InChI=1S/C21H24N6O4/c1-14-7-10-25(11-8-14)17-9-12-26-20(23-17)24-27(21(26)30)13-18(28)22-16-6-4-3-5-15(16)19(29)31-2/h3-6,9,12,14H,7-8,10-11,13H2,1-2H3,(H,22,28). The molecule has 0 bridgehead atoms. The number of nitrogens with zero attached hydrogens (tertiary/aromatic N) is 5. The van der Waals surface area contributed by atoms with E-state index in [2.05, 4.69) is 27.2 Å². The van der Waals surface area contributed by atoms with Crippen molar-refractivity contribution in [3.63, 3.8) is 0 Å². The first kappa shape index (κ1) is 20.6. The Morgan fingerprint density at radius 3 is 2.68 bits per heavy atom. The van der Waals surface area contributed by atoms with Crippen LogP contribution < -0.4 is 15.9 Å². The van der Waals surface area contributed by atoms with Crippen LogP contribution in [0, 0.1) is 5.92 Å². The van der Waals surface area contributed by atoms with Gasteiger partial charge in [-0.2, -0.15) is 4.98 Å². The number of para-hydroxylation sites is 1. The molecule has 0 radical (unpaired) electrons. The summed E-state index contributed by atoms with van der Waals surface area (Å²) < 4.78 is 7.10. The van der Waals surface area contributed by atoms with Crippen LogP contribution in [0.1, 0.15) is 30.1 Å². The van der Waals surface area contributed by atoms with Crippen molar-refractivity contribution in [2.45, 2.75) is 26.3 Å². The molecule has 3 aromatic rings.